The van der Waals surface area contributed by atoms with Gasteiger partial charge in [-0.25, -0.2) is 4.98 Å². The third-order valence-electron chi connectivity index (χ3n) is 1.55. The zero-order valence-corrected chi connectivity index (χ0v) is 9.03. The topological polar surface area (TPSA) is 42.0 Å². The summed E-state index contributed by atoms with van der Waals surface area (Å²) in [5.41, 5.74) is 0. The maximum absolute atomic E-state index is 11.3. The molecule has 1 amide bonds. The van der Waals surface area contributed by atoms with E-state index in [-0.39, 0.29) is 5.91 Å². The molecule has 0 radical (unpaired) electrons. The van der Waals surface area contributed by atoms with Gasteiger partial charge in [0.25, 0.3) is 0 Å². The van der Waals surface area contributed by atoms with Gasteiger partial charge in [-0.05, 0) is 19.1 Å². The Bertz CT molecular complexity index is 399. The van der Waals surface area contributed by atoms with Crippen LogP contribution in [0.5, 0.6) is 0 Å². The first kappa shape index (κ1) is 11.5. The Morgan fingerprint density at radius 2 is 2.33 bits per heavy atom. The Kier molecular flexibility index (Phi) is 4.57. The van der Waals surface area contributed by atoms with E-state index in [1.54, 1.807) is 30.5 Å². The maximum atomic E-state index is 11.3. The molecule has 1 aromatic rings. The predicted octanol–water partition coefficient (Wildman–Crippen LogP) is 2.81. The van der Waals surface area contributed by atoms with E-state index in [4.69, 9.17) is 11.6 Å². The Morgan fingerprint density at radius 3 is 3.00 bits per heavy atom. The smallest absolute Gasteiger partial charge is 0.249 e. The van der Waals surface area contributed by atoms with Gasteiger partial charge in [0.05, 0.1) is 5.02 Å². The van der Waals surface area contributed by atoms with Crippen LogP contribution >= 0.6 is 11.6 Å². The Labute approximate surface area is 93.5 Å². The van der Waals surface area contributed by atoms with E-state index < -0.39 is 0 Å². The fourth-order valence-corrected chi connectivity index (χ4v) is 1.06. The Hall–Kier alpha value is -1.61. The van der Waals surface area contributed by atoms with E-state index in [1.165, 1.54) is 6.08 Å². The number of anilines is 1. The standard InChI is InChI=1S/C11H11ClN2O/c1-2-3-4-7-10(15)14-11-9(12)6-5-8-13-11/h2-8H,1H3,(H,13,14,15). The number of carbonyl (C=O) groups is 1. The molecule has 0 unspecified atom stereocenters. The summed E-state index contributed by atoms with van der Waals surface area (Å²) < 4.78 is 0. The molecule has 0 fully saturated rings. The van der Waals surface area contributed by atoms with Gasteiger partial charge in [0.1, 0.15) is 0 Å². The van der Waals surface area contributed by atoms with Crippen LogP contribution in [0.2, 0.25) is 5.02 Å². The van der Waals surface area contributed by atoms with Crippen molar-refractivity contribution in [2.75, 3.05) is 5.32 Å². The van der Waals surface area contributed by atoms with Crippen LogP contribution in [0.1, 0.15) is 6.92 Å². The van der Waals surface area contributed by atoms with E-state index in [1.807, 2.05) is 13.0 Å². The number of carbonyl (C=O) groups excluding carboxylic acids is 1. The van der Waals surface area contributed by atoms with E-state index in [0.29, 0.717) is 10.8 Å². The lowest BCUT2D eigenvalue weighted by Gasteiger charge is -2.01. The van der Waals surface area contributed by atoms with Crippen LogP contribution in [0.25, 0.3) is 0 Å². The van der Waals surface area contributed by atoms with Crippen LogP contribution in [0, 0.1) is 0 Å². The van der Waals surface area contributed by atoms with E-state index in [9.17, 15) is 4.79 Å². The average Bonchev–Trinajstić information content (AvgIpc) is 2.22. The van der Waals surface area contributed by atoms with Crippen molar-refractivity contribution in [3.05, 3.63) is 47.7 Å². The third-order valence-corrected chi connectivity index (χ3v) is 1.86. The van der Waals surface area contributed by atoms with E-state index in [0.717, 1.165) is 0 Å². The van der Waals surface area contributed by atoms with Crippen molar-refractivity contribution >= 4 is 23.3 Å². The maximum Gasteiger partial charge on any atom is 0.249 e. The van der Waals surface area contributed by atoms with Crippen molar-refractivity contribution in [2.24, 2.45) is 0 Å². The molecule has 1 N–H and O–H groups in total. The van der Waals surface area contributed by atoms with Gasteiger partial charge < -0.3 is 5.32 Å². The van der Waals surface area contributed by atoms with E-state index in [2.05, 4.69) is 10.3 Å². The molecule has 0 aromatic carbocycles. The van der Waals surface area contributed by atoms with E-state index >= 15 is 0 Å². The van der Waals surface area contributed by atoms with Crippen molar-refractivity contribution < 1.29 is 4.79 Å². The largest absolute Gasteiger partial charge is 0.306 e. The van der Waals surface area contributed by atoms with Crippen molar-refractivity contribution in [1.29, 1.82) is 0 Å². The van der Waals surface area contributed by atoms with Gasteiger partial charge in [-0.1, -0.05) is 29.8 Å². The van der Waals surface area contributed by atoms with Gasteiger partial charge in [-0.2, -0.15) is 0 Å². The normalized spacial score (nSPS) is 11.1. The molecule has 0 spiro atoms. The minimum Gasteiger partial charge on any atom is -0.306 e. The predicted molar refractivity (Wildman–Crippen MR) is 61.8 cm³/mol. The summed E-state index contributed by atoms with van der Waals surface area (Å²) in [6.45, 7) is 1.87. The number of aromatic nitrogens is 1. The molecule has 0 saturated heterocycles. The molecule has 0 bridgehead atoms. The lowest BCUT2D eigenvalue weighted by atomic mass is 10.4. The highest BCUT2D eigenvalue weighted by Crippen LogP contribution is 2.16. The van der Waals surface area contributed by atoms with Gasteiger partial charge in [0.2, 0.25) is 5.91 Å². The Balaban J connectivity index is 2.63. The SMILES string of the molecule is CC=CC=CC(=O)Nc1ncccc1Cl. The summed E-state index contributed by atoms with van der Waals surface area (Å²) in [5.74, 6) is 0.114. The number of pyridine rings is 1. The highest BCUT2D eigenvalue weighted by Gasteiger charge is 2.02. The molecule has 1 aromatic heterocycles. The van der Waals surface area contributed by atoms with Crippen molar-refractivity contribution in [2.45, 2.75) is 6.92 Å². The zero-order chi connectivity index (χ0) is 11.1. The quantitative estimate of drug-likeness (QED) is 0.631. The number of hydrogen-bond donors (Lipinski definition) is 1. The first-order valence-corrected chi connectivity index (χ1v) is 4.82. The number of nitrogens with zero attached hydrogens (tertiary/aromatic N) is 1. The molecule has 0 atom stereocenters. The summed E-state index contributed by atoms with van der Waals surface area (Å²) in [5, 5.41) is 2.99. The second-order valence-corrected chi connectivity index (χ2v) is 3.12. The summed E-state index contributed by atoms with van der Waals surface area (Å²) in [6.07, 6.45) is 8.21. The molecule has 1 heterocycles. The first-order valence-electron chi connectivity index (χ1n) is 4.45. The van der Waals surface area contributed by atoms with Crippen LogP contribution in [-0.2, 0) is 4.79 Å². The summed E-state index contributed by atoms with van der Waals surface area (Å²) in [4.78, 5) is 15.2. The number of nitrogens with one attached hydrogen (secondary N) is 1. The molecule has 0 saturated carbocycles. The zero-order valence-electron chi connectivity index (χ0n) is 8.27. The van der Waals surface area contributed by atoms with Crippen molar-refractivity contribution in [3.63, 3.8) is 0 Å². The lowest BCUT2D eigenvalue weighted by molar-refractivity contribution is -0.111. The molecule has 4 heteroatoms. The second-order valence-electron chi connectivity index (χ2n) is 2.71. The molecule has 15 heavy (non-hydrogen) atoms. The minimum absolute atomic E-state index is 0.256. The molecule has 78 valence electrons. The number of halogens is 1. The highest BCUT2D eigenvalue weighted by atomic mass is 35.5. The van der Waals surface area contributed by atoms with Gasteiger partial charge in [0.15, 0.2) is 5.82 Å². The van der Waals surface area contributed by atoms with Crippen molar-refractivity contribution in [1.82, 2.24) is 4.98 Å². The molecule has 3 nitrogen and oxygen atoms in total. The fraction of sp³-hybridized carbons (Fsp3) is 0.0909. The van der Waals surface area contributed by atoms with Gasteiger partial charge in [-0.15, -0.1) is 0 Å². The van der Waals surface area contributed by atoms with Crippen LogP contribution in [0.4, 0.5) is 5.82 Å². The number of hydrogen-bond acceptors (Lipinski definition) is 2. The summed E-state index contributed by atoms with van der Waals surface area (Å²) in [6, 6.07) is 3.37. The molecule has 0 aliphatic carbocycles. The highest BCUT2D eigenvalue weighted by molar-refractivity contribution is 6.33. The van der Waals surface area contributed by atoms with Crippen LogP contribution in [0.3, 0.4) is 0 Å². The minimum atomic E-state index is -0.256. The van der Waals surface area contributed by atoms with Crippen LogP contribution in [-0.4, -0.2) is 10.9 Å². The van der Waals surface area contributed by atoms with Crippen molar-refractivity contribution in [3.8, 4) is 0 Å². The van der Waals surface area contributed by atoms with Gasteiger partial charge >= 0.3 is 0 Å². The summed E-state index contributed by atoms with van der Waals surface area (Å²) >= 11 is 5.81. The number of amides is 1. The fourth-order valence-electron chi connectivity index (χ4n) is 0.890. The van der Waals surface area contributed by atoms with Gasteiger partial charge in [-0.3, -0.25) is 4.79 Å². The second kappa shape index (κ2) is 5.98. The third kappa shape index (κ3) is 3.95. The Morgan fingerprint density at radius 1 is 1.53 bits per heavy atom. The van der Waals surface area contributed by atoms with Gasteiger partial charge in [0, 0.05) is 12.3 Å². The van der Waals surface area contributed by atoms with Crippen LogP contribution in [0.15, 0.2) is 42.6 Å². The molecule has 0 aliphatic rings. The molecule has 0 aliphatic heterocycles. The number of rotatable bonds is 3. The average molecular weight is 223 g/mol. The number of allylic oxidation sites excluding steroid dienone is 3. The first-order chi connectivity index (χ1) is 7.24. The molecular weight excluding hydrogens is 212 g/mol. The molecular formula is C11H11ClN2O. The monoisotopic (exact) mass is 222 g/mol. The van der Waals surface area contributed by atoms with Crippen LogP contribution < -0.4 is 5.32 Å². The summed E-state index contributed by atoms with van der Waals surface area (Å²) in [7, 11) is 0. The lowest BCUT2D eigenvalue weighted by Crippen LogP contribution is -2.09. The molecule has 1 rings (SSSR count).